The Morgan fingerprint density at radius 2 is 1.94 bits per heavy atom. The molecule has 1 unspecified atom stereocenters. The van der Waals surface area contributed by atoms with E-state index >= 15 is 0 Å². The normalized spacial score (nSPS) is 12.0. The fourth-order valence-electron chi connectivity index (χ4n) is 1.08. The molecule has 0 saturated heterocycles. The summed E-state index contributed by atoms with van der Waals surface area (Å²) in [5.41, 5.74) is 5.84. The van der Waals surface area contributed by atoms with Crippen molar-refractivity contribution in [1.82, 2.24) is 5.43 Å². The summed E-state index contributed by atoms with van der Waals surface area (Å²) in [6, 6.07) is 2.41. The predicted octanol–water partition coefficient (Wildman–Crippen LogP) is 2.39. The molecule has 0 saturated carbocycles. The Morgan fingerprint density at radius 3 is 2.35 bits per heavy atom. The van der Waals surface area contributed by atoms with Crippen molar-refractivity contribution in [3.05, 3.63) is 22.2 Å². The largest absolute Gasteiger partial charge is 0.494 e. The molecule has 0 aliphatic rings. The first-order chi connectivity index (χ1) is 7.95. The maximum atomic E-state index is 10.6. The number of hydrogen-bond acceptors (Lipinski definition) is 4. The van der Waals surface area contributed by atoms with Gasteiger partial charge < -0.3 is 15.3 Å². The van der Waals surface area contributed by atoms with Crippen LogP contribution < -0.4 is 15.6 Å². The summed E-state index contributed by atoms with van der Waals surface area (Å²) in [6.07, 6.45) is 0. The number of anilines is 1. The van der Waals surface area contributed by atoms with Crippen LogP contribution in [-0.2, 0) is 4.79 Å². The van der Waals surface area contributed by atoms with Crippen molar-refractivity contribution in [3.63, 3.8) is 0 Å². The van der Waals surface area contributed by atoms with E-state index in [1.807, 2.05) is 0 Å². The number of hydrogen-bond donors (Lipinski definition) is 3. The highest BCUT2D eigenvalue weighted by molar-refractivity contribution is 6.37. The Bertz CT molecular complexity index is 403. The fourth-order valence-corrected chi connectivity index (χ4v) is 1.72. The van der Waals surface area contributed by atoms with Crippen LogP contribution in [0, 0.1) is 0 Å². The van der Waals surface area contributed by atoms with E-state index < -0.39 is 12.0 Å². The van der Waals surface area contributed by atoms with Crippen molar-refractivity contribution >= 4 is 34.9 Å². The molecule has 0 heterocycles. The molecular weight excluding hydrogens is 267 g/mol. The molecule has 0 bridgehead atoms. The maximum Gasteiger partial charge on any atom is 0.322 e. The van der Waals surface area contributed by atoms with E-state index in [1.165, 1.54) is 14.0 Å². The number of rotatable bonds is 5. The van der Waals surface area contributed by atoms with Gasteiger partial charge in [-0.1, -0.05) is 23.2 Å². The molecule has 3 N–H and O–H groups in total. The number of methoxy groups -OCH3 is 1. The van der Waals surface area contributed by atoms with Crippen LogP contribution in [-0.4, -0.2) is 24.2 Å². The van der Waals surface area contributed by atoms with Crippen molar-refractivity contribution in [3.8, 4) is 5.75 Å². The van der Waals surface area contributed by atoms with E-state index in [9.17, 15) is 4.79 Å². The van der Waals surface area contributed by atoms with Gasteiger partial charge in [0.2, 0.25) is 0 Å². The summed E-state index contributed by atoms with van der Waals surface area (Å²) in [5.74, 6) is -0.589. The van der Waals surface area contributed by atoms with Crippen LogP contribution in [0.2, 0.25) is 10.0 Å². The zero-order chi connectivity index (χ0) is 13.0. The number of carbonyl (C=O) groups is 1. The van der Waals surface area contributed by atoms with Crippen LogP contribution in [0.25, 0.3) is 0 Å². The number of carboxylic acids is 1. The van der Waals surface area contributed by atoms with Gasteiger partial charge in [-0.3, -0.25) is 4.79 Å². The maximum absolute atomic E-state index is 10.6. The summed E-state index contributed by atoms with van der Waals surface area (Å²) < 4.78 is 4.99. The third-order valence-electron chi connectivity index (χ3n) is 2.01. The van der Waals surface area contributed by atoms with E-state index in [4.69, 9.17) is 33.0 Å². The van der Waals surface area contributed by atoms with E-state index in [0.717, 1.165) is 0 Å². The Morgan fingerprint density at radius 1 is 1.41 bits per heavy atom. The van der Waals surface area contributed by atoms with E-state index in [0.29, 0.717) is 21.5 Å². The zero-order valence-corrected chi connectivity index (χ0v) is 10.8. The second-order valence-corrected chi connectivity index (χ2v) is 4.12. The Balaban J connectivity index is 2.77. The molecule has 1 rings (SSSR count). The third-order valence-corrected chi connectivity index (χ3v) is 2.57. The first-order valence-corrected chi connectivity index (χ1v) is 5.48. The zero-order valence-electron chi connectivity index (χ0n) is 9.25. The van der Waals surface area contributed by atoms with E-state index in [-0.39, 0.29) is 0 Å². The van der Waals surface area contributed by atoms with Crippen molar-refractivity contribution < 1.29 is 14.6 Å². The Labute approximate surface area is 109 Å². The third kappa shape index (κ3) is 3.66. The summed E-state index contributed by atoms with van der Waals surface area (Å²) in [6.45, 7) is 1.50. The lowest BCUT2D eigenvalue weighted by molar-refractivity contribution is -0.138. The molecule has 0 fully saturated rings. The van der Waals surface area contributed by atoms with E-state index in [1.54, 1.807) is 12.1 Å². The lowest BCUT2D eigenvalue weighted by atomic mass is 10.3. The molecular formula is C10H12Cl2N2O3. The first kappa shape index (κ1) is 13.9. The highest BCUT2D eigenvalue weighted by atomic mass is 35.5. The van der Waals surface area contributed by atoms with Gasteiger partial charge in [-0.25, -0.2) is 5.43 Å². The van der Waals surface area contributed by atoms with Gasteiger partial charge in [0.25, 0.3) is 0 Å². The molecule has 0 aliphatic carbocycles. The highest BCUT2D eigenvalue weighted by Gasteiger charge is 2.11. The molecule has 0 amide bonds. The standard InChI is InChI=1S/C10H12Cl2N2O3/c1-5(10(15)16)13-14-6-3-7(11)9(17-2)8(12)4-6/h3-5,13-14H,1-2H3,(H,15,16). The topological polar surface area (TPSA) is 70.6 Å². The van der Waals surface area contributed by atoms with Gasteiger partial charge in [-0.2, -0.15) is 0 Å². The molecule has 0 aromatic heterocycles. The predicted molar refractivity (Wildman–Crippen MR) is 66.9 cm³/mol. The molecule has 1 aromatic rings. The van der Waals surface area contributed by atoms with Crippen LogP contribution in [0.4, 0.5) is 5.69 Å². The van der Waals surface area contributed by atoms with Gasteiger partial charge in [0.05, 0.1) is 22.8 Å². The lowest BCUT2D eigenvalue weighted by Gasteiger charge is -2.13. The number of aliphatic carboxylic acids is 1. The van der Waals surface area contributed by atoms with Crippen LogP contribution in [0.3, 0.4) is 0 Å². The fraction of sp³-hybridized carbons (Fsp3) is 0.300. The Hall–Kier alpha value is -1.17. The van der Waals surface area contributed by atoms with Gasteiger partial charge >= 0.3 is 5.97 Å². The first-order valence-electron chi connectivity index (χ1n) is 4.73. The second kappa shape index (κ2) is 5.95. The number of nitrogens with one attached hydrogen (secondary N) is 2. The smallest absolute Gasteiger partial charge is 0.322 e. The number of hydrazine groups is 1. The van der Waals surface area contributed by atoms with Crippen LogP contribution >= 0.6 is 23.2 Å². The summed E-state index contributed by atoms with van der Waals surface area (Å²) in [4.78, 5) is 10.6. The quantitative estimate of drug-likeness (QED) is 0.722. The minimum atomic E-state index is -0.969. The lowest BCUT2D eigenvalue weighted by Crippen LogP contribution is -2.37. The SMILES string of the molecule is COc1c(Cl)cc(NNC(C)C(=O)O)cc1Cl. The number of carboxylic acid groups (broad SMARTS) is 1. The molecule has 7 heteroatoms. The summed E-state index contributed by atoms with van der Waals surface area (Å²) in [7, 11) is 1.46. The average molecular weight is 279 g/mol. The van der Waals surface area contributed by atoms with Gasteiger partial charge in [0.15, 0.2) is 5.75 Å². The van der Waals surface area contributed by atoms with Crippen molar-refractivity contribution in [2.24, 2.45) is 0 Å². The molecule has 17 heavy (non-hydrogen) atoms. The van der Waals surface area contributed by atoms with Crippen molar-refractivity contribution in [1.29, 1.82) is 0 Å². The van der Waals surface area contributed by atoms with Gasteiger partial charge in [0, 0.05) is 0 Å². The highest BCUT2D eigenvalue weighted by Crippen LogP contribution is 2.35. The average Bonchev–Trinajstić information content (AvgIpc) is 2.25. The van der Waals surface area contributed by atoms with Gasteiger partial charge in [-0.05, 0) is 19.1 Å². The number of halogens is 2. The molecule has 1 atom stereocenters. The molecule has 5 nitrogen and oxygen atoms in total. The number of ether oxygens (including phenoxy) is 1. The van der Waals surface area contributed by atoms with Crippen molar-refractivity contribution in [2.45, 2.75) is 13.0 Å². The van der Waals surface area contributed by atoms with Gasteiger partial charge in [0.1, 0.15) is 6.04 Å². The van der Waals surface area contributed by atoms with Crippen LogP contribution in [0.1, 0.15) is 6.92 Å². The van der Waals surface area contributed by atoms with Crippen LogP contribution in [0.15, 0.2) is 12.1 Å². The second-order valence-electron chi connectivity index (χ2n) is 3.30. The molecule has 0 aliphatic heterocycles. The summed E-state index contributed by atoms with van der Waals surface area (Å²) in [5, 5.41) is 9.36. The van der Waals surface area contributed by atoms with Crippen LogP contribution in [0.5, 0.6) is 5.75 Å². The summed E-state index contributed by atoms with van der Waals surface area (Å²) >= 11 is 11.8. The molecule has 1 aromatic carbocycles. The Kier molecular flexibility index (Phi) is 4.86. The van der Waals surface area contributed by atoms with Gasteiger partial charge in [-0.15, -0.1) is 0 Å². The minimum Gasteiger partial charge on any atom is -0.494 e. The molecule has 94 valence electrons. The molecule has 0 spiro atoms. The minimum absolute atomic E-state index is 0.340. The van der Waals surface area contributed by atoms with E-state index in [2.05, 4.69) is 10.9 Å². The monoisotopic (exact) mass is 278 g/mol. The molecule has 0 radical (unpaired) electrons. The number of benzene rings is 1. The van der Waals surface area contributed by atoms with Crippen molar-refractivity contribution in [2.75, 3.05) is 12.5 Å².